The highest BCUT2D eigenvalue weighted by Crippen LogP contribution is 2.38. The second-order valence-corrected chi connectivity index (χ2v) is 13.6. The Morgan fingerprint density at radius 3 is 1.96 bits per heavy atom. The molecule has 2 aromatic carbocycles. The molecule has 0 saturated heterocycles. The number of benzene rings is 2. The molecule has 0 saturated carbocycles. The predicted molar refractivity (Wildman–Crippen MR) is 118 cm³/mol. The van der Waals surface area contributed by atoms with E-state index < -0.39 is 14.4 Å². The Morgan fingerprint density at radius 1 is 0.929 bits per heavy atom. The van der Waals surface area contributed by atoms with Gasteiger partial charge < -0.3 is 14.0 Å². The lowest BCUT2D eigenvalue weighted by molar-refractivity contribution is -0.126. The zero-order valence-corrected chi connectivity index (χ0v) is 18.9. The largest absolute Gasteiger partial charge is 0.411 e. The van der Waals surface area contributed by atoms with Gasteiger partial charge in [0, 0.05) is 0 Å². The van der Waals surface area contributed by atoms with Gasteiger partial charge in [0.15, 0.2) is 14.6 Å². The number of aldehydes is 1. The smallest absolute Gasteiger partial charge is 0.192 e. The Hall–Kier alpha value is -1.75. The fraction of sp³-hybridized carbons (Fsp3) is 0.458. The lowest BCUT2D eigenvalue weighted by atomic mass is 10.0. The highest BCUT2D eigenvalue weighted by Gasteiger charge is 2.40. The number of carbonyl (C=O) groups excluding carboxylic acids is 1. The molecule has 2 atom stereocenters. The number of aryl methyl sites for hydroxylation is 1. The molecule has 152 valence electrons. The minimum absolute atomic E-state index is 0.0743. The quantitative estimate of drug-likeness (QED) is 0.375. The van der Waals surface area contributed by atoms with E-state index in [1.165, 1.54) is 5.56 Å². The summed E-state index contributed by atoms with van der Waals surface area (Å²) in [5.74, 6) is 0. The van der Waals surface area contributed by atoms with E-state index in [9.17, 15) is 4.79 Å². The highest BCUT2D eigenvalue weighted by atomic mass is 28.4. The maximum Gasteiger partial charge on any atom is 0.192 e. The Labute approximate surface area is 171 Å². The average molecular weight is 399 g/mol. The van der Waals surface area contributed by atoms with Gasteiger partial charge in [-0.15, -0.1) is 0 Å². The molecule has 4 heteroatoms. The molecule has 0 radical (unpaired) electrons. The molecular weight excluding hydrogens is 364 g/mol. The Kier molecular flexibility index (Phi) is 8.17. The third-order valence-electron chi connectivity index (χ3n) is 5.60. The van der Waals surface area contributed by atoms with E-state index >= 15 is 0 Å². The maximum atomic E-state index is 11.9. The van der Waals surface area contributed by atoms with Crippen molar-refractivity contribution in [2.75, 3.05) is 0 Å². The molecule has 0 bridgehead atoms. The molecule has 0 spiro atoms. The van der Waals surface area contributed by atoms with E-state index in [0.29, 0.717) is 6.61 Å². The third kappa shape index (κ3) is 6.69. The van der Waals surface area contributed by atoms with Crippen LogP contribution in [-0.2, 0) is 27.0 Å². The van der Waals surface area contributed by atoms with Crippen LogP contribution in [0.1, 0.15) is 38.3 Å². The van der Waals surface area contributed by atoms with E-state index in [1.807, 2.05) is 48.5 Å². The molecule has 0 unspecified atom stereocenters. The molecule has 0 aliphatic carbocycles. The van der Waals surface area contributed by atoms with Crippen molar-refractivity contribution in [2.24, 2.45) is 0 Å². The fourth-order valence-corrected chi connectivity index (χ4v) is 4.16. The van der Waals surface area contributed by atoms with Crippen LogP contribution in [0.4, 0.5) is 0 Å². The number of hydrogen-bond acceptors (Lipinski definition) is 3. The van der Waals surface area contributed by atoms with E-state index in [-0.39, 0.29) is 11.1 Å². The van der Waals surface area contributed by atoms with Crippen molar-refractivity contribution < 1.29 is 14.0 Å². The summed E-state index contributed by atoms with van der Waals surface area (Å²) in [6.07, 6.45) is 1.71. The van der Waals surface area contributed by atoms with Crippen LogP contribution in [0.15, 0.2) is 60.7 Å². The van der Waals surface area contributed by atoms with Gasteiger partial charge in [-0.1, -0.05) is 81.4 Å². The van der Waals surface area contributed by atoms with Crippen molar-refractivity contribution in [3.8, 4) is 0 Å². The third-order valence-corrected chi connectivity index (χ3v) is 10.1. The standard InChI is InChI=1S/C24H34O3Si/c1-24(2,3)28(4,5)27-22(17-16-20-12-8-6-9-13-20)23(18-25)26-19-21-14-10-7-11-15-21/h6-15,18,22-23H,16-17,19H2,1-5H3/t22-,23+/m0/s1. The number of hydrogen-bond donors (Lipinski definition) is 0. The second-order valence-electron chi connectivity index (χ2n) is 8.84. The van der Waals surface area contributed by atoms with Gasteiger partial charge in [0.05, 0.1) is 12.7 Å². The zero-order chi connectivity index (χ0) is 20.6. The van der Waals surface area contributed by atoms with Gasteiger partial charge in [0.2, 0.25) is 0 Å². The Bertz CT molecular complexity index is 708. The predicted octanol–water partition coefficient (Wildman–Crippen LogP) is 5.79. The topological polar surface area (TPSA) is 35.5 Å². The Balaban J connectivity index is 2.12. The molecule has 0 heterocycles. The molecule has 2 rings (SSSR count). The maximum absolute atomic E-state index is 11.9. The van der Waals surface area contributed by atoms with Crippen molar-refractivity contribution in [2.45, 2.75) is 70.6 Å². The molecule has 0 amide bonds. The summed E-state index contributed by atoms with van der Waals surface area (Å²) in [6, 6.07) is 20.3. The Morgan fingerprint density at radius 2 is 1.46 bits per heavy atom. The van der Waals surface area contributed by atoms with Gasteiger partial charge in [-0.2, -0.15) is 0 Å². The van der Waals surface area contributed by atoms with Crippen molar-refractivity contribution in [3.05, 3.63) is 71.8 Å². The molecule has 28 heavy (non-hydrogen) atoms. The van der Waals surface area contributed by atoms with Crippen molar-refractivity contribution >= 4 is 14.6 Å². The molecule has 0 fully saturated rings. The summed E-state index contributed by atoms with van der Waals surface area (Å²) < 4.78 is 12.7. The van der Waals surface area contributed by atoms with Gasteiger partial charge in [-0.25, -0.2) is 0 Å². The van der Waals surface area contributed by atoms with Gasteiger partial charge in [0.1, 0.15) is 6.10 Å². The van der Waals surface area contributed by atoms with E-state index in [4.69, 9.17) is 9.16 Å². The molecule has 3 nitrogen and oxygen atoms in total. The normalized spacial score (nSPS) is 14.5. The van der Waals surface area contributed by atoms with Crippen molar-refractivity contribution in [3.63, 3.8) is 0 Å². The van der Waals surface area contributed by atoms with Crippen LogP contribution in [0, 0.1) is 0 Å². The van der Waals surface area contributed by atoms with Crippen LogP contribution >= 0.6 is 0 Å². The summed E-state index contributed by atoms with van der Waals surface area (Å²) >= 11 is 0. The van der Waals surface area contributed by atoms with Gasteiger partial charge in [-0.05, 0) is 42.1 Å². The minimum atomic E-state index is -2.03. The molecule has 0 N–H and O–H groups in total. The van der Waals surface area contributed by atoms with E-state index in [0.717, 1.165) is 24.7 Å². The number of carbonyl (C=O) groups is 1. The van der Waals surface area contributed by atoms with Crippen LogP contribution in [0.2, 0.25) is 18.1 Å². The van der Waals surface area contributed by atoms with Gasteiger partial charge in [-0.3, -0.25) is 0 Å². The van der Waals surface area contributed by atoms with Crippen LogP contribution < -0.4 is 0 Å². The van der Waals surface area contributed by atoms with Gasteiger partial charge >= 0.3 is 0 Å². The first kappa shape index (κ1) is 22.5. The summed E-state index contributed by atoms with van der Waals surface area (Å²) in [7, 11) is -2.03. The van der Waals surface area contributed by atoms with Crippen LogP contribution in [0.25, 0.3) is 0 Å². The minimum Gasteiger partial charge on any atom is -0.411 e. The zero-order valence-electron chi connectivity index (χ0n) is 17.9. The van der Waals surface area contributed by atoms with E-state index in [2.05, 4.69) is 46.0 Å². The SMILES string of the molecule is CC(C)(C)[Si](C)(C)O[C@@H](CCc1ccccc1)[C@@H](C=O)OCc1ccccc1. The lowest BCUT2D eigenvalue weighted by Crippen LogP contribution is -2.48. The first-order chi connectivity index (χ1) is 13.2. The summed E-state index contributed by atoms with van der Waals surface area (Å²) in [4.78, 5) is 11.9. The first-order valence-corrected chi connectivity index (χ1v) is 13.0. The molecule has 2 aromatic rings. The van der Waals surface area contributed by atoms with Gasteiger partial charge in [0.25, 0.3) is 0 Å². The summed E-state index contributed by atoms with van der Waals surface area (Å²) in [5, 5.41) is 0.0743. The van der Waals surface area contributed by atoms with Crippen LogP contribution in [0.3, 0.4) is 0 Å². The van der Waals surface area contributed by atoms with Crippen LogP contribution in [-0.4, -0.2) is 26.8 Å². The summed E-state index contributed by atoms with van der Waals surface area (Å²) in [5.41, 5.74) is 2.31. The van der Waals surface area contributed by atoms with Crippen LogP contribution in [0.5, 0.6) is 0 Å². The van der Waals surface area contributed by atoms with E-state index in [1.54, 1.807) is 0 Å². The molecule has 0 aromatic heterocycles. The van der Waals surface area contributed by atoms with Crippen molar-refractivity contribution in [1.29, 1.82) is 0 Å². The molecule has 0 aliphatic rings. The average Bonchev–Trinajstić information content (AvgIpc) is 2.67. The fourth-order valence-electron chi connectivity index (χ4n) is 2.80. The molecule has 0 aliphatic heterocycles. The second kappa shape index (κ2) is 10.1. The molecular formula is C24H34O3Si. The summed E-state index contributed by atoms with van der Waals surface area (Å²) in [6.45, 7) is 11.5. The number of ether oxygens (including phenoxy) is 1. The highest BCUT2D eigenvalue weighted by molar-refractivity contribution is 6.74. The van der Waals surface area contributed by atoms with Crippen molar-refractivity contribution in [1.82, 2.24) is 0 Å². The monoisotopic (exact) mass is 398 g/mol. The lowest BCUT2D eigenvalue weighted by Gasteiger charge is -2.40. The first-order valence-electron chi connectivity index (χ1n) is 10.1. The number of rotatable bonds is 10.